The van der Waals surface area contributed by atoms with Gasteiger partial charge in [-0.15, -0.1) is 0 Å². The van der Waals surface area contributed by atoms with Gasteiger partial charge in [-0.1, -0.05) is 50.2 Å². The molecule has 0 radical (unpaired) electrons. The minimum atomic E-state index is -3.50. The van der Waals surface area contributed by atoms with E-state index in [4.69, 9.17) is 0 Å². The van der Waals surface area contributed by atoms with Crippen molar-refractivity contribution < 1.29 is 22.7 Å². The first-order valence-electron chi connectivity index (χ1n) is 10.7. The summed E-state index contributed by atoms with van der Waals surface area (Å²) in [5.74, 6) is -0.566. The standard InChI is InChI=1S/C24H33FN2O4S/c1-16(2)23(28)26-14-13-21-20(7-6-8-22(21)25)18-9-11-19(12-10-18)24(5,29)15-27-32(30,31)17(3)4/h6-12,16-17,27,29H,13-15H2,1-5H3,(H,26,28). The Hall–Kier alpha value is -2.29. The van der Waals surface area contributed by atoms with E-state index in [0.29, 0.717) is 29.7 Å². The third-order valence-corrected chi connectivity index (χ3v) is 7.16. The average Bonchev–Trinajstić information content (AvgIpc) is 2.73. The Morgan fingerprint density at radius 3 is 2.28 bits per heavy atom. The van der Waals surface area contributed by atoms with Crippen LogP contribution in [0.15, 0.2) is 42.5 Å². The van der Waals surface area contributed by atoms with Crippen molar-refractivity contribution in [2.24, 2.45) is 5.92 Å². The van der Waals surface area contributed by atoms with Gasteiger partial charge < -0.3 is 10.4 Å². The molecule has 8 heteroatoms. The fourth-order valence-electron chi connectivity index (χ4n) is 3.12. The van der Waals surface area contributed by atoms with Gasteiger partial charge in [0.1, 0.15) is 11.4 Å². The first-order valence-corrected chi connectivity index (χ1v) is 12.3. The van der Waals surface area contributed by atoms with Gasteiger partial charge in [0.2, 0.25) is 15.9 Å². The summed E-state index contributed by atoms with van der Waals surface area (Å²) < 4.78 is 41.0. The highest BCUT2D eigenvalue weighted by atomic mass is 32.2. The Labute approximate surface area is 190 Å². The largest absolute Gasteiger partial charge is 0.384 e. The maximum atomic E-state index is 14.5. The van der Waals surface area contributed by atoms with Gasteiger partial charge in [-0.05, 0) is 55.5 Å². The molecule has 1 unspecified atom stereocenters. The molecule has 6 nitrogen and oxygen atoms in total. The van der Waals surface area contributed by atoms with E-state index in [9.17, 15) is 22.7 Å². The quantitative estimate of drug-likeness (QED) is 0.503. The van der Waals surface area contributed by atoms with E-state index >= 15 is 0 Å². The summed E-state index contributed by atoms with van der Waals surface area (Å²) in [7, 11) is -3.50. The van der Waals surface area contributed by atoms with Gasteiger partial charge >= 0.3 is 0 Å². The molecular weight excluding hydrogens is 431 g/mol. The first-order chi connectivity index (χ1) is 14.8. The molecule has 0 bridgehead atoms. The fourth-order valence-corrected chi connectivity index (χ4v) is 3.93. The number of hydrogen-bond acceptors (Lipinski definition) is 4. The summed E-state index contributed by atoms with van der Waals surface area (Å²) >= 11 is 0. The van der Waals surface area contributed by atoms with Crippen molar-refractivity contribution in [2.45, 2.75) is 51.9 Å². The van der Waals surface area contributed by atoms with Crippen LogP contribution in [0.4, 0.5) is 4.39 Å². The van der Waals surface area contributed by atoms with Crippen LogP contribution in [0.1, 0.15) is 45.7 Å². The molecule has 2 rings (SSSR count). The Kier molecular flexibility index (Phi) is 8.56. The predicted octanol–water partition coefficient (Wildman–Crippen LogP) is 3.34. The fraction of sp³-hybridized carbons (Fsp3) is 0.458. The van der Waals surface area contributed by atoms with Crippen LogP contribution in [-0.2, 0) is 26.8 Å². The van der Waals surface area contributed by atoms with Crippen LogP contribution in [0.3, 0.4) is 0 Å². The number of sulfonamides is 1. The van der Waals surface area contributed by atoms with Crippen molar-refractivity contribution in [1.82, 2.24) is 10.0 Å². The number of carbonyl (C=O) groups is 1. The lowest BCUT2D eigenvalue weighted by Crippen LogP contribution is -2.41. The van der Waals surface area contributed by atoms with Crippen LogP contribution >= 0.6 is 0 Å². The molecule has 0 spiro atoms. The SMILES string of the molecule is CC(C)C(=O)NCCc1c(F)cccc1-c1ccc(C(C)(O)CNS(=O)(=O)C(C)C)cc1. The normalized spacial score (nSPS) is 13.9. The molecule has 0 saturated carbocycles. The highest BCUT2D eigenvalue weighted by molar-refractivity contribution is 7.90. The molecular formula is C24H33FN2O4S. The van der Waals surface area contributed by atoms with Gasteiger partial charge in [0.15, 0.2) is 0 Å². The van der Waals surface area contributed by atoms with Crippen molar-refractivity contribution in [3.05, 3.63) is 59.4 Å². The summed E-state index contributed by atoms with van der Waals surface area (Å²) in [5.41, 5.74) is 1.09. The van der Waals surface area contributed by atoms with Gasteiger partial charge in [0.05, 0.1) is 5.25 Å². The average molecular weight is 465 g/mol. The zero-order valence-electron chi connectivity index (χ0n) is 19.3. The van der Waals surface area contributed by atoms with E-state index in [0.717, 1.165) is 5.56 Å². The molecule has 1 amide bonds. The van der Waals surface area contributed by atoms with Gasteiger partial charge in [-0.25, -0.2) is 17.5 Å². The van der Waals surface area contributed by atoms with Gasteiger partial charge in [0, 0.05) is 19.0 Å². The van der Waals surface area contributed by atoms with Crippen molar-refractivity contribution in [3.8, 4) is 11.1 Å². The first kappa shape index (κ1) is 26.0. The van der Waals surface area contributed by atoms with E-state index in [1.165, 1.54) is 13.0 Å². The van der Waals surface area contributed by atoms with E-state index in [-0.39, 0.29) is 24.2 Å². The molecule has 2 aromatic rings. The second-order valence-electron chi connectivity index (χ2n) is 8.73. The molecule has 0 aliphatic rings. The van der Waals surface area contributed by atoms with Crippen molar-refractivity contribution in [3.63, 3.8) is 0 Å². The minimum absolute atomic E-state index is 0.0810. The van der Waals surface area contributed by atoms with Crippen LogP contribution in [0.2, 0.25) is 0 Å². The number of carbonyl (C=O) groups excluding carboxylic acids is 1. The van der Waals surface area contributed by atoms with E-state index < -0.39 is 20.9 Å². The number of hydrogen-bond donors (Lipinski definition) is 3. The summed E-state index contributed by atoms with van der Waals surface area (Å²) in [5, 5.41) is 13.0. The van der Waals surface area contributed by atoms with Crippen LogP contribution in [0, 0.1) is 11.7 Å². The van der Waals surface area contributed by atoms with E-state index in [2.05, 4.69) is 10.0 Å². The number of halogens is 1. The molecule has 0 aromatic heterocycles. The lowest BCUT2D eigenvalue weighted by Gasteiger charge is -2.25. The lowest BCUT2D eigenvalue weighted by molar-refractivity contribution is -0.123. The molecule has 0 aliphatic heterocycles. The highest BCUT2D eigenvalue weighted by Crippen LogP contribution is 2.29. The van der Waals surface area contributed by atoms with Crippen LogP contribution in [0.5, 0.6) is 0 Å². The number of benzene rings is 2. The molecule has 0 fully saturated rings. The molecule has 32 heavy (non-hydrogen) atoms. The maximum Gasteiger partial charge on any atom is 0.222 e. The maximum absolute atomic E-state index is 14.5. The number of amides is 1. The summed E-state index contributed by atoms with van der Waals surface area (Å²) in [6, 6.07) is 11.8. The Morgan fingerprint density at radius 1 is 1.09 bits per heavy atom. The molecule has 176 valence electrons. The Morgan fingerprint density at radius 2 is 1.72 bits per heavy atom. The molecule has 3 N–H and O–H groups in total. The molecule has 0 aliphatic carbocycles. The third kappa shape index (κ3) is 6.60. The van der Waals surface area contributed by atoms with Gasteiger partial charge in [-0.3, -0.25) is 4.79 Å². The Bertz CT molecular complexity index is 1030. The topological polar surface area (TPSA) is 95.5 Å². The molecule has 2 aromatic carbocycles. The second kappa shape index (κ2) is 10.6. The number of rotatable bonds is 10. The van der Waals surface area contributed by atoms with Gasteiger partial charge in [0.25, 0.3) is 0 Å². The Balaban J connectivity index is 2.20. The molecule has 0 heterocycles. The van der Waals surface area contributed by atoms with Crippen molar-refractivity contribution >= 4 is 15.9 Å². The van der Waals surface area contributed by atoms with Crippen LogP contribution in [0.25, 0.3) is 11.1 Å². The monoisotopic (exact) mass is 464 g/mol. The highest BCUT2D eigenvalue weighted by Gasteiger charge is 2.27. The van der Waals surface area contributed by atoms with Crippen molar-refractivity contribution in [1.29, 1.82) is 0 Å². The van der Waals surface area contributed by atoms with Crippen LogP contribution < -0.4 is 10.0 Å². The summed E-state index contributed by atoms with van der Waals surface area (Å²) in [4.78, 5) is 11.8. The number of nitrogens with one attached hydrogen (secondary N) is 2. The third-order valence-electron chi connectivity index (χ3n) is 5.37. The van der Waals surface area contributed by atoms with E-state index in [1.54, 1.807) is 58.0 Å². The zero-order chi connectivity index (χ0) is 24.1. The smallest absolute Gasteiger partial charge is 0.222 e. The lowest BCUT2D eigenvalue weighted by atomic mass is 9.92. The number of aliphatic hydroxyl groups is 1. The molecule has 0 saturated heterocycles. The summed E-state index contributed by atoms with van der Waals surface area (Å²) in [6.07, 6.45) is 0.344. The molecule has 1 atom stereocenters. The minimum Gasteiger partial charge on any atom is -0.384 e. The second-order valence-corrected chi connectivity index (χ2v) is 11.0. The van der Waals surface area contributed by atoms with Gasteiger partial charge in [-0.2, -0.15) is 0 Å². The zero-order valence-corrected chi connectivity index (χ0v) is 20.1. The van der Waals surface area contributed by atoms with E-state index in [1.807, 2.05) is 6.07 Å². The summed E-state index contributed by atoms with van der Waals surface area (Å²) in [6.45, 7) is 8.44. The predicted molar refractivity (Wildman–Crippen MR) is 125 cm³/mol. The van der Waals surface area contributed by atoms with Crippen molar-refractivity contribution in [2.75, 3.05) is 13.1 Å². The van der Waals surface area contributed by atoms with Crippen LogP contribution in [-0.4, -0.2) is 37.8 Å².